The molecule has 1 N–H and O–H groups in total. The molecular weight excluding hydrogens is 270 g/mol. The van der Waals surface area contributed by atoms with Crippen molar-refractivity contribution in [3.05, 3.63) is 39.9 Å². The molecule has 0 saturated carbocycles. The molecule has 116 valence electrons. The van der Waals surface area contributed by atoms with E-state index in [9.17, 15) is 10.1 Å². The Balaban J connectivity index is 1.83. The summed E-state index contributed by atoms with van der Waals surface area (Å²) in [7, 11) is 0. The summed E-state index contributed by atoms with van der Waals surface area (Å²) in [4.78, 5) is 13.0. The van der Waals surface area contributed by atoms with Crippen LogP contribution >= 0.6 is 0 Å². The van der Waals surface area contributed by atoms with Gasteiger partial charge in [0.05, 0.1) is 17.6 Å². The molecule has 0 bridgehead atoms. The minimum absolute atomic E-state index is 0.143. The fraction of sp³-hybridized carbons (Fsp3) is 0.600. The molecule has 1 aromatic rings. The standard InChI is InChI=1S/C15H23N3O3/c1-12(2)17-7-8-21-14(11-17)10-16-9-13-5-3-4-6-15(13)18(19)20/h3-6,12,14,16H,7-11H2,1-2H3. The molecule has 1 unspecified atom stereocenters. The number of nitrogens with zero attached hydrogens (tertiary/aromatic N) is 2. The highest BCUT2D eigenvalue weighted by Crippen LogP contribution is 2.17. The summed E-state index contributed by atoms with van der Waals surface area (Å²) < 4.78 is 5.74. The lowest BCUT2D eigenvalue weighted by Gasteiger charge is -2.35. The van der Waals surface area contributed by atoms with Crippen LogP contribution in [0.3, 0.4) is 0 Å². The molecule has 1 atom stereocenters. The Labute approximate surface area is 125 Å². The Morgan fingerprint density at radius 2 is 2.24 bits per heavy atom. The van der Waals surface area contributed by atoms with Gasteiger partial charge in [-0.25, -0.2) is 0 Å². The lowest BCUT2D eigenvalue weighted by atomic mass is 10.1. The molecule has 0 aliphatic carbocycles. The van der Waals surface area contributed by atoms with Crippen LogP contribution in [0, 0.1) is 10.1 Å². The lowest BCUT2D eigenvalue weighted by molar-refractivity contribution is -0.385. The molecule has 1 aromatic carbocycles. The van der Waals surface area contributed by atoms with E-state index in [-0.39, 0.29) is 16.7 Å². The van der Waals surface area contributed by atoms with Gasteiger partial charge in [-0.15, -0.1) is 0 Å². The number of nitrogens with one attached hydrogen (secondary N) is 1. The number of ether oxygens (including phenoxy) is 1. The van der Waals surface area contributed by atoms with Gasteiger partial charge < -0.3 is 10.1 Å². The van der Waals surface area contributed by atoms with Gasteiger partial charge in [-0.2, -0.15) is 0 Å². The van der Waals surface area contributed by atoms with Crippen molar-refractivity contribution in [1.82, 2.24) is 10.2 Å². The third kappa shape index (κ3) is 4.49. The van der Waals surface area contributed by atoms with Crippen LogP contribution in [0.15, 0.2) is 24.3 Å². The zero-order valence-corrected chi connectivity index (χ0v) is 12.6. The predicted molar refractivity (Wildman–Crippen MR) is 81.3 cm³/mol. The van der Waals surface area contributed by atoms with E-state index in [2.05, 4.69) is 24.1 Å². The van der Waals surface area contributed by atoms with Crippen molar-refractivity contribution in [2.45, 2.75) is 32.5 Å². The number of morpholine rings is 1. The highest BCUT2D eigenvalue weighted by molar-refractivity contribution is 5.39. The van der Waals surface area contributed by atoms with Crippen molar-refractivity contribution < 1.29 is 9.66 Å². The summed E-state index contributed by atoms with van der Waals surface area (Å²) in [5, 5.41) is 14.2. The van der Waals surface area contributed by atoms with E-state index in [0.29, 0.717) is 24.7 Å². The number of nitro groups is 1. The number of para-hydroxylation sites is 1. The van der Waals surface area contributed by atoms with Crippen molar-refractivity contribution in [1.29, 1.82) is 0 Å². The zero-order chi connectivity index (χ0) is 15.2. The molecule has 0 radical (unpaired) electrons. The molecular formula is C15H23N3O3. The summed E-state index contributed by atoms with van der Waals surface area (Å²) in [6.45, 7) is 8.18. The number of benzene rings is 1. The Kier molecular flexibility index (Phi) is 5.67. The summed E-state index contributed by atoms with van der Waals surface area (Å²) in [6.07, 6.45) is 0.143. The fourth-order valence-corrected chi connectivity index (χ4v) is 2.54. The van der Waals surface area contributed by atoms with Crippen LogP contribution in [0.4, 0.5) is 5.69 Å². The Bertz CT molecular complexity index is 479. The van der Waals surface area contributed by atoms with Crippen molar-refractivity contribution in [2.24, 2.45) is 0 Å². The summed E-state index contributed by atoms with van der Waals surface area (Å²) in [6, 6.07) is 7.35. The molecule has 6 nitrogen and oxygen atoms in total. The molecule has 1 fully saturated rings. The second kappa shape index (κ2) is 7.49. The average molecular weight is 293 g/mol. The third-order valence-electron chi connectivity index (χ3n) is 3.78. The van der Waals surface area contributed by atoms with Crippen LogP contribution in [0.1, 0.15) is 19.4 Å². The third-order valence-corrected chi connectivity index (χ3v) is 3.78. The molecule has 1 heterocycles. The summed E-state index contributed by atoms with van der Waals surface area (Å²) in [5.74, 6) is 0. The summed E-state index contributed by atoms with van der Waals surface area (Å²) in [5.41, 5.74) is 0.873. The molecule has 1 saturated heterocycles. The second-order valence-corrected chi connectivity index (χ2v) is 5.60. The maximum atomic E-state index is 11.0. The van der Waals surface area contributed by atoms with E-state index in [1.165, 1.54) is 6.07 Å². The molecule has 1 aliphatic rings. The molecule has 0 amide bonds. The number of rotatable bonds is 6. The van der Waals surface area contributed by atoms with Gasteiger partial charge in [0.2, 0.25) is 0 Å². The minimum Gasteiger partial charge on any atom is -0.374 e. The smallest absolute Gasteiger partial charge is 0.273 e. The van der Waals surface area contributed by atoms with Gasteiger partial charge in [-0.1, -0.05) is 18.2 Å². The van der Waals surface area contributed by atoms with E-state index in [4.69, 9.17) is 4.74 Å². The molecule has 1 aliphatic heterocycles. The van der Waals surface area contributed by atoms with Gasteiger partial charge in [-0.05, 0) is 13.8 Å². The van der Waals surface area contributed by atoms with Gasteiger partial charge in [0, 0.05) is 43.9 Å². The minimum atomic E-state index is -0.339. The van der Waals surface area contributed by atoms with Crippen LogP contribution in [0.2, 0.25) is 0 Å². The Morgan fingerprint density at radius 3 is 2.95 bits per heavy atom. The van der Waals surface area contributed by atoms with Crippen molar-refractivity contribution in [2.75, 3.05) is 26.2 Å². The first-order chi connectivity index (χ1) is 10.1. The molecule has 0 aromatic heterocycles. The van der Waals surface area contributed by atoms with Crippen LogP contribution in [-0.4, -0.2) is 48.2 Å². The van der Waals surface area contributed by atoms with Crippen LogP contribution in [0.5, 0.6) is 0 Å². The van der Waals surface area contributed by atoms with Crippen LogP contribution in [0.25, 0.3) is 0 Å². The van der Waals surface area contributed by atoms with Gasteiger partial charge in [0.25, 0.3) is 5.69 Å². The number of nitro benzene ring substituents is 1. The van der Waals surface area contributed by atoms with Crippen LogP contribution in [-0.2, 0) is 11.3 Å². The highest BCUT2D eigenvalue weighted by atomic mass is 16.6. The zero-order valence-electron chi connectivity index (χ0n) is 12.6. The van der Waals surface area contributed by atoms with E-state index in [1.807, 2.05) is 6.07 Å². The Morgan fingerprint density at radius 1 is 1.48 bits per heavy atom. The monoisotopic (exact) mass is 293 g/mol. The second-order valence-electron chi connectivity index (χ2n) is 5.60. The lowest BCUT2D eigenvalue weighted by Crippen LogP contribution is -2.48. The largest absolute Gasteiger partial charge is 0.374 e. The van der Waals surface area contributed by atoms with E-state index >= 15 is 0 Å². The topological polar surface area (TPSA) is 67.6 Å². The van der Waals surface area contributed by atoms with E-state index in [1.54, 1.807) is 12.1 Å². The highest BCUT2D eigenvalue weighted by Gasteiger charge is 2.22. The first-order valence-electron chi connectivity index (χ1n) is 7.36. The van der Waals surface area contributed by atoms with Gasteiger partial charge in [-0.3, -0.25) is 15.0 Å². The van der Waals surface area contributed by atoms with E-state index in [0.717, 1.165) is 19.7 Å². The van der Waals surface area contributed by atoms with Gasteiger partial charge in [0.15, 0.2) is 0 Å². The first kappa shape index (κ1) is 15.9. The SMILES string of the molecule is CC(C)N1CCOC(CNCc2ccccc2[N+](=O)[O-])C1. The Hall–Kier alpha value is -1.50. The molecule has 21 heavy (non-hydrogen) atoms. The maximum Gasteiger partial charge on any atom is 0.273 e. The van der Waals surface area contributed by atoms with Crippen molar-refractivity contribution >= 4 is 5.69 Å². The summed E-state index contributed by atoms with van der Waals surface area (Å²) >= 11 is 0. The number of hydrogen-bond donors (Lipinski definition) is 1. The van der Waals surface area contributed by atoms with E-state index < -0.39 is 0 Å². The molecule has 0 spiro atoms. The van der Waals surface area contributed by atoms with Crippen molar-refractivity contribution in [3.63, 3.8) is 0 Å². The fourth-order valence-electron chi connectivity index (χ4n) is 2.54. The van der Waals surface area contributed by atoms with Gasteiger partial charge in [0.1, 0.15) is 0 Å². The maximum absolute atomic E-state index is 11.0. The normalized spacial score (nSPS) is 19.9. The average Bonchev–Trinajstić information content (AvgIpc) is 2.48. The molecule has 6 heteroatoms. The number of hydrogen-bond acceptors (Lipinski definition) is 5. The predicted octanol–water partition coefficient (Wildman–Crippen LogP) is 1.79. The van der Waals surface area contributed by atoms with Crippen LogP contribution < -0.4 is 5.32 Å². The first-order valence-corrected chi connectivity index (χ1v) is 7.36. The quantitative estimate of drug-likeness (QED) is 0.640. The molecule has 2 rings (SSSR count). The van der Waals surface area contributed by atoms with Gasteiger partial charge >= 0.3 is 0 Å². The van der Waals surface area contributed by atoms with Crippen molar-refractivity contribution in [3.8, 4) is 0 Å².